The van der Waals surface area contributed by atoms with Crippen molar-refractivity contribution in [3.05, 3.63) is 33.8 Å². The summed E-state index contributed by atoms with van der Waals surface area (Å²) in [6, 6.07) is 3.57. The molecule has 4 nitrogen and oxygen atoms in total. The van der Waals surface area contributed by atoms with Gasteiger partial charge in [-0.25, -0.2) is 4.98 Å². The smallest absolute Gasteiger partial charge is 0.258 e. The standard InChI is InChI=1S/C9H4N2O2S2/c12-11(13)8-3-6-5-1-2-14-7(5)4-10-9(6)15-8/h1-4H. The summed E-state index contributed by atoms with van der Waals surface area (Å²) in [6.45, 7) is 0. The van der Waals surface area contributed by atoms with Gasteiger partial charge in [-0.15, -0.1) is 11.3 Å². The summed E-state index contributed by atoms with van der Waals surface area (Å²) in [5, 5.41) is 14.7. The Morgan fingerprint density at radius 1 is 1.40 bits per heavy atom. The van der Waals surface area contributed by atoms with E-state index < -0.39 is 0 Å². The number of nitro groups is 1. The molecular formula is C9H4N2O2S2. The molecule has 0 bridgehead atoms. The van der Waals surface area contributed by atoms with Gasteiger partial charge in [0.2, 0.25) is 0 Å². The van der Waals surface area contributed by atoms with Gasteiger partial charge >= 0.3 is 5.00 Å². The van der Waals surface area contributed by atoms with Crippen molar-refractivity contribution in [2.24, 2.45) is 0 Å². The maximum absolute atomic E-state index is 10.6. The first-order valence-corrected chi connectivity index (χ1v) is 5.85. The zero-order chi connectivity index (χ0) is 10.4. The molecule has 0 saturated heterocycles. The van der Waals surface area contributed by atoms with Crippen LogP contribution < -0.4 is 0 Å². The first-order chi connectivity index (χ1) is 7.25. The molecule has 0 amide bonds. The molecule has 6 heteroatoms. The van der Waals surface area contributed by atoms with Gasteiger partial charge in [-0.1, -0.05) is 0 Å². The van der Waals surface area contributed by atoms with Gasteiger partial charge in [0.15, 0.2) is 0 Å². The summed E-state index contributed by atoms with van der Waals surface area (Å²) in [4.78, 5) is 15.2. The average Bonchev–Trinajstić information content (AvgIpc) is 2.82. The largest absolute Gasteiger partial charge is 0.326 e. The van der Waals surface area contributed by atoms with Crippen molar-refractivity contribution in [2.45, 2.75) is 0 Å². The van der Waals surface area contributed by atoms with Crippen LogP contribution in [0.25, 0.3) is 20.3 Å². The molecule has 0 fully saturated rings. The monoisotopic (exact) mass is 236 g/mol. The second-order valence-corrected chi connectivity index (χ2v) is 4.97. The summed E-state index contributed by atoms with van der Waals surface area (Å²) in [5.74, 6) is 0. The summed E-state index contributed by atoms with van der Waals surface area (Å²) in [7, 11) is 0. The second-order valence-electron chi connectivity index (χ2n) is 3.02. The van der Waals surface area contributed by atoms with Crippen molar-refractivity contribution < 1.29 is 4.92 Å². The van der Waals surface area contributed by atoms with E-state index in [1.54, 1.807) is 23.6 Å². The van der Waals surface area contributed by atoms with Gasteiger partial charge in [-0.2, -0.15) is 0 Å². The Hall–Kier alpha value is -1.53. The Labute approximate surface area is 91.9 Å². The molecule has 0 saturated carbocycles. The van der Waals surface area contributed by atoms with Crippen molar-refractivity contribution in [3.63, 3.8) is 0 Å². The molecule has 3 aromatic rings. The number of hydrogen-bond donors (Lipinski definition) is 0. The molecule has 0 aliphatic rings. The fourth-order valence-electron chi connectivity index (χ4n) is 1.51. The number of nitrogens with zero attached hydrogens (tertiary/aromatic N) is 2. The number of rotatable bonds is 1. The van der Waals surface area contributed by atoms with Gasteiger partial charge in [0, 0.05) is 23.0 Å². The third kappa shape index (κ3) is 1.22. The minimum Gasteiger partial charge on any atom is -0.258 e. The average molecular weight is 236 g/mol. The van der Waals surface area contributed by atoms with E-state index >= 15 is 0 Å². The SMILES string of the molecule is O=[N+]([O-])c1cc2c(ncc3sccc32)s1. The Bertz CT molecular complexity index is 671. The third-order valence-corrected chi connectivity index (χ3v) is 4.01. The maximum atomic E-state index is 10.6. The van der Waals surface area contributed by atoms with Crippen LogP contribution in [0.3, 0.4) is 0 Å². The van der Waals surface area contributed by atoms with Crippen LogP contribution in [0.2, 0.25) is 0 Å². The minimum atomic E-state index is -0.370. The number of thiophene rings is 2. The summed E-state index contributed by atoms with van der Waals surface area (Å²) in [5.41, 5.74) is 0. The summed E-state index contributed by atoms with van der Waals surface area (Å²) >= 11 is 2.71. The molecule has 0 aromatic carbocycles. The van der Waals surface area contributed by atoms with E-state index in [1.807, 2.05) is 11.4 Å². The Morgan fingerprint density at radius 3 is 3.07 bits per heavy atom. The molecule has 0 aliphatic carbocycles. The minimum absolute atomic E-state index is 0.149. The number of hydrogen-bond acceptors (Lipinski definition) is 5. The van der Waals surface area contributed by atoms with Gasteiger partial charge in [0.1, 0.15) is 4.83 Å². The zero-order valence-corrected chi connectivity index (χ0v) is 8.97. The number of fused-ring (bicyclic) bond motifs is 3. The van der Waals surface area contributed by atoms with E-state index in [9.17, 15) is 10.1 Å². The number of pyridine rings is 1. The van der Waals surface area contributed by atoms with Gasteiger partial charge in [0.05, 0.1) is 9.62 Å². The second kappa shape index (κ2) is 2.98. The maximum Gasteiger partial charge on any atom is 0.326 e. The topological polar surface area (TPSA) is 56.0 Å². The van der Waals surface area contributed by atoms with E-state index in [0.717, 1.165) is 31.6 Å². The summed E-state index contributed by atoms with van der Waals surface area (Å²) in [6.07, 6.45) is 1.77. The molecular weight excluding hydrogens is 232 g/mol. The highest BCUT2D eigenvalue weighted by molar-refractivity contribution is 7.22. The lowest BCUT2D eigenvalue weighted by atomic mass is 10.2. The molecule has 3 aromatic heterocycles. The predicted molar refractivity (Wildman–Crippen MR) is 61.7 cm³/mol. The van der Waals surface area contributed by atoms with Crippen molar-refractivity contribution in [1.29, 1.82) is 0 Å². The molecule has 0 atom stereocenters. The van der Waals surface area contributed by atoms with Crippen molar-refractivity contribution >= 4 is 48.0 Å². The highest BCUT2D eigenvalue weighted by Gasteiger charge is 2.14. The fourth-order valence-corrected chi connectivity index (χ4v) is 3.11. The van der Waals surface area contributed by atoms with Crippen LogP contribution in [0.1, 0.15) is 0 Å². The molecule has 0 spiro atoms. The van der Waals surface area contributed by atoms with Crippen molar-refractivity contribution in [3.8, 4) is 0 Å². The van der Waals surface area contributed by atoms with Crippen LogP contribution in [0.5, 0.6) is 0 Å². The van der Waals surface area contributed by atoms with Crippen LogP contribution in [0.15, 0.2) is 23.7 Å². The molecule has 3 rings (SSSR count). The molecule has 0 aliphatic heterocycles. The zero-order valence-electron chi connectivity index (χ0n) is 7.34. The van der Waals surface area contributed by atoms with Crippen LogP contribution in [0, 0.1) is 10.1 Å². The van der Waals surface area contributed by atoms with E-state index in [1.165, 1.54) is 0 Å². The molecule has 74 valence electrons. The lowest BCUT2D eigenvalue weighted by molar-refractivity contribution is -0.380. The van der Waals surface area contributed by atoms with Gasteiger partial charge < -0.3 is 0 Å². The first-order valence-electron chi connectivity index (χ1n) is 4.16. The lowest BCUT2D eigenvalue weighted by Gasteiger charge is -1.88. The quantitative estimate of drug-likeness (QED) is 0.480. The van der Waals surface area contributed by atoms with Crippen LogP contribution in [0.4, 0.5) is 5.00 Å². The summed E-state index contributed by atoms with van der Waals surface area (Å²) < 4.78 is 1.06. The van der Waals surface area contributed by atoms with Crippen molar-refractivity contribution in [2.75, 3.05) is 0 Å². The van der Waals surface area contributed by atoms with E-state index in [-0.39, 0.29) is 9.92 Å². The highest BCUT2D eigenvalue weighted by Crippen LogP contribution is 2.35. The Balaban J connectivity index is 2.46. The van der Waals surface area contributed by atoms with Crippen LogP contribution in [-0.2, 0) is 0 Å². The van der Waals surface area contributed by atoms with Gasteiger partial charge in [-0.3, -0.25) is 10.1 Å². The lowest BCUT2D eigenvalue weighted by Crippen LogP contribution is -1.80. The fraction of sp³-hybridized carbons (Fsp3) is 0. The molecule has 0 radical (unpaired) electrons. The Kier molecular flexibility index (Phi) is 1.74. The van der Waals surface area contributed by atoms with Gasteiger partial charge in [-0.05, 0) is 22.8 Å². The van der Waals surface area contributed by atoms with E-state index in [0.29, 0.717) is 0 Å². The Morgan fingerprint density at radius 2 is 2.27 bits per heavy atom. The molecule has 0 N–H and O–H groups in total. The molecule has 3 heterocycles. The predicted octanol–water partition coefficient (Wildman–Crippen LogP) is 3.42. The molecule has 15 heavy (non-hydrogen) atoms. The first kappa shape index (κ1) is 8.75. The van der Waals surface area contributed by atoms with Crippen LogP contribution in [-0.4, -0.2) is 9.91 Å². The molecule has 0 unspecified atom stereocenters. The van der Waals surface area contributed by atoms with Crippen molar-refractivity contribution in [1.82, 2.24) is 4.98 Å². The van der Waals surface area contributed by atoms with Crippen LogP contribution >= 0.6 is 22.7 Å². The third-order valence-electron chi connectivity index (χ3n) is 2.16. The number of aromatic nitrogens is 1. The highest BCUT2D eigenvalue weighted by atomic mass is 32.1. The van der Waals surface area contributed by atoms with Gasteiger partial charge in [0.25, 0.3) is 0 Å². The van der Waals surface area contributed by atoms with E-state index in [2.05, 4.69) is 4.98 Å². The normalized spacial score (nSPS) is 11.2. The van der Waals surface area contributed by atoms with E-state index in [4.69, 9.17) is 0 Å².